The number of hydroxylamine groups is 1. The number of allylic oxidation sites excluding steroid dienone is 2. The van der Waals surface area contributed by atoms with Crippen LogP contribution in [0.2, 0.25) is 0 Å². The highest BCUT2D eigenvalue weighted by atomic mass is 127. The van der Waals surface area contributed by atoms with Gasteiger partial charge in [0.2, 0.25) is 17.2 Å². The second kappa shape index (κ2) is 30.7. The molecule has 1 aromatic carbocycles. The number of aliphatic hydroxyl groups excluding tert-OH is 4. The van der Waals surface area contributed by atoms with Crippen LogP contribution in [0.4, 0.5) is 0 Å². The fourth-order valence-electron chi connectivity index (χ4n) is 13.4. The van der Waals surface area contributed by atoms with E-state index >= 15 is 0 Å². The number of aryl methyl sites for hydroxylation is 2. The molecule has 3 aliphatic carbocycles. The summed E-state index contributed by atoms with van der Waals surface area (Å²) in [7, 11) is 8.83. The molecule has 0 radical (unpaired) electrons. The molecule has 5 heterocycles. The molecule has 6 fully saturated rings. The van der Waals surface area contributed by atoms with E-state index in [0.29, 0.717) is 32.6 Å². The topological polar surface area (TPSA) is 300 Å². The lowest BCUT2D eigenvalue weighted by Crippen LogP contribution is -2.69. The number of pyridine rings is 1. The Kier molecular flexibility index (Phi) is 24.2. The number of aromatic nitrogens is 1. The van der Waals surface area contributed by atoms with E-state index in [0.717, 1.165) is 27.8 Å². The number of thioether (sulfide) groups is 1. The van der Waals surface area contributed by atoms with E-state index in [-0.39, 0.29) is 78.8 Å². The van der Waals surface area contributed by atoms with Gasteiger partial charge in [0.25, 0.3) is 0 Å². The second-order valence-corrected chi connectivity index (χ2v) is 28.6. The lowest BCUT2D eigenvalue weighted by Gasteiger charge is -2.60. The van der Waals surface area contributed by atoms with Crippen LogP contribution in [0.25, 0.3) is 0 Å². The van der Waals surface area contributed by atoms with Gasteiger partial charge in [-0.1, -0.05) is 70.0 Å². The number of ether oxygens (including phenoxy) is 11. The number of methoxy groups -OCH3 is 4. The molecule has 3 unspecified atom stereocenters. The maximum atomic E-state index is 14.5. The number of hydrogen-bond donors (Lipinski definition) is 7. The number of ketones is 2. The summed E-state index contributed by atoms with van der Waals surface area (Å²) in [5.41, 5.74) is 3.35. The van der Waals surface area contributed by atoms with Crippen LogP contribution in [-0.4, -0.2) is 210 Å². The van der Waals surface area contributed by atoms with Gasteiger partial charge in [-0.25, -0.2) is 0 Å². The quantitative estimate of drug-likeness (QED) is 0.0193. The molecule has 7 aliphatic rings. The van der Waals surface area contributed by atoms with Crippen LogP contribution < -0.4 is 25.0 Å². The van der Waals surface area contributed by atoms with Crippen molar-refractivity contribution in [1.29, 1.82) is 0 Å². The molecular formula is C64H84IN3O20S3. The van der Waals surface area contributed by atoms with Gasteiger partial charge in [0.15, 0.2) is 30.4 Å². The van der Waals surface area contributed by atoms with Crippen molar-refractivity contribution in [3.63, 3.8) is 0 Å². The van der Waals surface area contributed by atoms with Crippen LogP contribution in [-0.2, 0) is 52.3 Å². The van der Waals surface area contributed by atoms with Crippen molar-refractivity contribution in [2.24, 2.45) is 17.3 Å². The number of aliphatic hydroxyl groups is 5. The minimum atomic E-state index is -1.78. The van der Waals surface area contributed by atoms with Crippen molar-refractivity contribution in [2.45, 2.75) is 208 Å². The number of nitrogens with zero attached hydrogens (tertiary/aromatic N) is 1. The first kappa shape index (κ1) is 71.8. The van der Waals surface area contributed by atoms with Crippen molar-refractivity contribution in [1.82, 2.24) is 15.8 Å². The highest BCUT2D eigenvalue weighted by Crippen LogP contribution is 2.70. The third kappa shape index (κ3) is 14.5. The van der Waals surface area contributed by atoms with Crippen LogP contribution in [0.15, 0.2) is 40.6 Å². The van der Waals surface area contributed by atoms with Gasteiger partial charge in [-0.2, -0.15) is 5.48 Å². The number of hydrogen-bond acceptors (Lipinski definition) is 26. The zero-order valence-corrected chi connectivity index (χ0v) is 57.8. The van der Waals surface area contributed by atoms with Crippen LogP contribution in [0, 0.1) is 65.3 Å². The average molecular weight is 1440 g/mol. The molecule has 0 amide bonds. The molecule has 1 spiro atoms. The van der Waals surface area contributed by atoms with Gasteiger partial charge < -0.3 is 87.7 Å². The number of halogens is 1. The first-order valence-electron chi connectivity index (χ1n) is 30.4. The van der Waals surface area contributed by atoms with Gasteiger partial charge >= 0.3 is 0 Å². The fraction of sp³-hybridized carbons (Fsp3) is 0.656. The Hall–Kier alpha value is -3.48. The van der Waals surface area contributed by atoms with E-state index in [2.05, 4.69) is 39.5 Å². The SMILES string of the molecule is CCN[C@H]1CO[C@@H](O[C@H]2[C@H](O[C@H]3C#C/C=C(/C)C#CC45C(CC(C)=O)C(=O)C[C@]4(O)/C(=C/CSSc4c(C)cncc4C)C35)O[C@H](C)[C@@H](NO[C@H]3C[C@H](O)[C@H](SC(=O)c4c(C)c(I)c(O[C@@H]5O[C@@H](C)[C@H](O)[C@@H](OC)[C@H]5O)c(OC)c4OC)[C@@H](C)O3)[C@@H]2O)C[C@@H]1OC. The Morgan fingerprint density at radius 3 is 2.25 bits per heavy atom. The molecular weight excluding hydrogens is 1350 g/mol. The number of Topliss-reactive ketones (excluding diaryl/α,β-unsaturated/α-hetero) is 2. The van der Waals surface area contributed by atoms with Crippen molar-refractivity contribution in [2.75, 3.05) is 47.3 Å². The van der Waals surface area contributed by atoms with E-state index in [1.807, 2.05) is 49.4 Å². The molecule has 4 aliphatic heterocycles. The Balaban J connectivity index is 0.950. The first-order valence-corrected chi connectivity index (χ1v) is 34.6. The predicted octanol–water partition coefficient (Wildman–Crippen LogP) is 4.98. The highest BCUT2D eigenvalue weighted by Gasteiger charge is 2.78. The molecule has 2 saturated carbocycles. The second-order valence-electron chi connectivity index (χ2n) is 24.0. The number of nitrogens with one attached hydrogen (secondary N) is 2. The molecule has 500 valence electrons. The zero-order valence-electron chi connectivity index (χ0n) is 53.2. The number of benzene rings is 1. The minimum Gasteiger partial charge on any atom is -0.492 e. The lowest BCUT2D eigenvalue weighted by atomic mass is 9.44. The van der Waals surface area contributed by atoms with E-state index in [9.17, 15) is 39.9 Å². The largest absolute Gasteiger partial charge is 0.492 e. The third-order valence-electron chi connectivity index (χ3n) is 18.1. The summed E-state index contributed by atoms with van der Waals surface area (Å²) in [4.78, 5) is 53.5. The summed E-state index contributed by atoms with van der Waals surface area (Å²) in [6, 6.07) is -1.21. The summed E-state index contributed by atoms with van der Waals surface area (Å²) in [6.45, 7) is 16.7. The third-order valence-corrected chi connectivity index (χ3v) is 23.3. The molecule has 7 N–H and O–H groups in total. The number of likely N-dealkylation sites (N-methyl/N-ethyl adjacent to an activating group) is 1. The van der Waals surface area contributed by atoms with Crippen molar-refractivity contribution >= 4 is 72.6 Å². The molecule has 4 saturated heterocycles. The Morgan fingerprint density at radius 2 is 1.59 bits per heavy atom. The van der Waals surface area contributed by atoms with Crippen molar-refractivity contribution in [3.8, 4) is 40.9 Å². The first-order chi connectivity index (χ1) is 43.4. The maximum absolute atomic E-state index is 14.5. The summed E-state index contributed by atoms with van der Waals surface area (Å²) in [5.74, 6) is 11.1. The summed E-state index contributed by atoms with van der Waals surface area (Å²) >= 11 is 2.85. The number of rotatable bonds is 23. The smallest absolute Gasteiger partial charge is 0.229 e. The van der Waals surface area contributed by atoms with E-state index in [1.54, 1.807) is 81.8 Å². The summed E-state index contributed by atoms with van der Waals surface area (Å²) in [5, 5.41) is 61.3. The molecule has 22 atom stereocenters. The van der Waals surface area contributed by atoms with Gasteiger partial charge in [-0.3, -0.25) is 19.4 Å². The van der Waals surface area contributed by atoms with Gasteiger partial charge in [0.1, 0.15) is 53.8 Å². The van der Waals surface area contributed by atoms with E-state index in [4.69, 9.17) is 56.9 Å². The van der Waals surface area contributed by atoms with Crippen molar-refractivity contribution < 1.29 is 96.9 Å². The monoisotopic (exact) mass is 1440 g/mol. The van der Waals surface area contributed by atoms with Crippen LogP contribution in [0.1, 0.15) is 94.3 Å². The lowest BCUT2D eigenvalue weighted by molar-refractivity contribution is -0.342. The van der Waals surface area contributed by atoms with Gasteiger partial charge in [-0.05, 0) is 113 Å². The Bertz CT molecular complexity index is 3160. The Morgan fingerprint density at radius 1 is 0.879 bits per heavy atom. The molecule has 23 nitrogen and oxygen atoms in total. The van der Waals surface area contributed by atoms with Crippen LogP contribution in [0.5, 0.6) is 17.2 Å². The van der Waals surface area contributed by atoms with Gasteiger partial charge in [0.05, 0.1) is 83.2 Å². The average Bonchev–Trinajstić information content (AvgIpc) is 1.55. The van der Waals surface area contributed by atoms with E-state index in [1.165, 1.54) is 28.3 Å². The molecule has 91 heavy (non-hydrogen) atoms. The Labute approximate surface area is 557 Å². The van der Waals surface area contributed by atoms with Crippen LogP contribution >= 0.6 is 55.9 Å². The maximum Gasteiger partial charge on any atom is 0.229 e. The van der Waals surface area contributed by atoms with Gasteiger partial charge in [-0.15, -0.1) is 0 Å². The normalized spacial score (nSPS) is 38.0. The molecule has 1 aromatic heterocycles. The molecule has 9 rings (SSSR count). The highest BCUT2D eigenvalue weighted by molar-refractivity contribution is 14.1. The standard InChI is InChI=1S/C64H84IN3O20S3/c1-14-67-39-28-81-44(24-43(39)77-10)86-56-51(73)49(68-88-45-23-40(70)59(36(9)82-45)90-60(75)46-33(6)48(65)54(57(80-13)53(46)78-11)87-61-52(74)55(79-12)50(72)35(8)84-61)34(7)83-62(56)85-42-17-15-16-29(2)18-20-63-38(22-32(5)69)41(71)25-64(63,76)37(47(42)63)19-21-89-91-58-30(3)26-66-27-31(58)4/h16,19,26-27,34-36,38-40,42-45,47,49-52,55-56,59,61-62,67-68,70,72-74,76H,14,21-25,28H2,1-13H3/b29-16-,37-19+/t34-,35+,36-,38?,39+,40+,42+,43+,44+,45+,47?,49-,50+,51+,52-,55-,56-,59-,61+,62+,63?,64+/m1/s1. The fourth-order valence-corrected chi connectivity index (χ4v) is 17.6. The predicted molar refractivity (Wildman–Crippen MR) is 345 cm³/mol. The van der Waals surface area contributed by atoms with E-state index < -0.39 is 125 Å². The zero-order chi connectivity index (χ0) is 66.0. The van der Waals surface area contributed by atoms with Crippen molar-refractivity contribution in [3.05, 3.63) is 61.5 Å². The van der Waals surface area contributed by atoms with Gasteiger partial charge in [0, 0.05) is 80.4 Å². The number of carbonyl (C=O) groups is 3. The number of carbonyl (C=O) groups excluding carboxylic acids is 3. The molecule has 2 aromatic rings. The summed E-state index contributed by atoms with van der Waals surface area (Å²) < 4.78 is 68.6. The molecule has 0 bridgehead atoms. The minimum absolute atomic E-state index is 0.0356. The molecule has 27 heteroatoms. The summed E-state index contributed by atoms with van der Waals surface area (Å²) in [6.07, 6.45) is -9.40. The van der Waals surface area contributed by atoms with Crippen LogP contribution in [0.3, 0.4) is 0 Å².